The molecule has 2 aliphatic carbocycles. The molecule has 0 saturated heterocycles. The molecular weight excluding hydrogens is 274 g/mol. The van der Waals surface area contributed by atoms with Gasteiger partial charge in [-0.25, -0.2) is 0 Å². The zero-order valence-electron chi connectivity index (χ0n) is 14.4. The van der Waals surface area contributed by atoms with E-state index in [0.717, 1.165) is 5.92 Å². The molecule has 0 aromatic carbocycles. The minimum Gasteiger partial charge on any atom is -0.414 e. The monoisotopic (exact) mass is 307 g/mol. The SMILES string of the molecule is CC(C)(C)[Si](C)(C)OC1CCC(C2C=CC=CC2N)CC1. The minimum absolute atomic E-state index is 0.206. The lowest BCUT2D eigenvalue weighted by atomic mass is 9.75. The summed E-state index contributed by atoms with van der Waals surface area (Å²) in [7, 11) is -1.62. The molecule has 2 N–H and O–H groups in total. The molecule has 2 aliphatic rings. The molecule has 1 fully saturated rings. The van der Waals surface area contributed by atoms with Crippen LogP contribution in [0.15, 0.2) is 24.3 Å². The summed E-state index contributed by atoms with van der Waals surface area (Å²) in [6.07, 6.45) is 14.1. The molecule has 0 aromatic rings. The van der Waals surface area contributed by atoms with E-state index in [4.69, 9.17) is 10.2 Å². The van der Waals surface area contributed by atoms with Crippen molar-refractivity contribution in [2.45, 2.75) is 76.7 Å². The van der Waals surface area contributed by atoms with Crippen LogP contribution in [-0.4, -0.2) is 20.5 Å². The van der Waals surface area contributed by atoms with Gasteiger partial charge >= 0.3 is 0 Å². The Morgan fingerprint density at radius 2 is 1.57 bits per heavy atom. The first-order valence-electron chi connectivity index (χ1n) is 8.49. The van der Waals surface area contributed by atoms with Crippen LogP contribution in [0.4, 0.5) is 0 Å². The van der Waals surface area contributed by atoms with Gasteiger partial charge in [0.25, 0.3) is 0 Å². The Morgan fingerprint density at radius 3 is 2.10 bits per heavy atom. The maximum absolute atomic E-state index is 6.58. The molecule has 2 atom stereocenters. The third-order valence-corrected chi connectivity index (χ3v) is 10.3. The molecule has 1 saturated carbocycles. The smallest absolute Gasteiger partial charge is 0.192 e. The fourth-order valence-electron chi connectivity index (χ4n) is 3.30. The van der Waals surface area contributed by atoms with Gasteiger partial charge in [-0.1, -0.05) is 45.1 Å². The molecule has 2 nitrogen and oxygen atoms in total. The molecular formula is C18H33NOSi. The maximum atomic E-state index is 6.58. The Balaban J connectivity index is 1.86. The first-order valence-corrected chi connectivity index (χ1v) is 11.4. The van der Waals surface area contributed by atoms with Crippen molar-refractivity contribution in [1.82, 2.24) is 0 Å². The Morgan fingerprint density at radius 1 is 1.00 bits per heavy atom. The number of allylic oxidation sites excluding steroid dienone is 2. The van der Waals surface area contributed by atoms with Crippen molar-refractivity contribution >= 4 is 8.32 Å². The Kier molecular flexibility index (Phi) is 5.17. The van der Waals surface area contributed by atoms with Gasteiger partial charge < -0.3 is 10.2 Å². The van der Waals surface area contributed by atoms with Crippen molar-refractivity contribution in [3.05, 3.63) is 24.3 Å². The van der Waals surface area contributed by atoms with Gasteiger partial charge in [-0.2, -0.15) is 0 Å². The minimum atomic E-state index is -1.62. The molecule has 21 heavy (non-hydrogen) atoms. The second-order valence-corrected chi connectivity index (χ2v) is 13.1. The molecule has 2 rings (SSSR count). The molecule has 0 radical (unpaired) electrons. The molecule has 0 aromatic heterocycles. The van der Waals surface area contributed by atoms with E-state index in [9.17, 15) is 0 Å². The highest BCUT2D eigenvalue weighted by Crippen LogP contribution is 2.41. The van der Waals surface area contributed by atoms with E-state index < -0.39 is 8.32 Å². The van der Waals surface area contributed by atoms with Crippen LogP contribution in [0.1, 0.15) is 46.5 Å². The predicted molar refractivity (Wildman–Crippen MR) is 93.8 cm³/mol. The molecule has 2 unspecified atom stereocenters. The van der Waals surface area contributed by atoms with Crippen LogP contribution in [0.2, 0.25) is 18.1 Å². The van der Waals surface area contributed by atoms with Crippen LogP contribution in [-0.2, 0) is 4.43 Å². The van der Waals surface area contributed by atoms with Gasteiger partial charge in [0, 0.05) is 12.1 Å². The zero-order valence-corrected chi connectivity index (χ0v) is 15.4. The number of hydrogen-bond acceptors (Lipinski definition) is 2. The highest BCUT2D eigenvalue weighted by molar-refractivity contribution is 6.74. The molecule has 0 bridgehead atoms. The van der Waals surface area contributed by atoms with E-state index >= 15 is 0 Å². The Hall–Kier alpha value is -0.383. The van der Waals surface area contributed by atoms with Crippen LogP contribution in [0, 0.1) is 11.8 Å². The van der Waals surface area contributed by atoms with Crippen molar-refractivity contribution in [2.75, 3.05) is 0 Å². The van der Waals surface area contributed by atoms with Crippen molar-refractivity contribution in [3.8, 4) is 0 Å². The summed E-state index contributed by atoms with van der Waals surface area (Å²) in [4.78, 5) is 0. The van der Waals surface area contributed by atoms with Crippen molar-refractivity contribution < 1.29 is 4.43 Å². The number of nitrogens with two attached hydrogens (primary N) is 1. The van der Waals surface area contributed by atoms with Gasteiger partial charge in [0.2, 0.25) is 0 Å². The lowest BCUT2D eigenvalue weighted by Crippen LogP contribution is -2.45. The van der Waals surface area contributed by atoms with E-state index in [0.29, 0.717) is 17.1 Å². The maximum Gasteiger partial charge on any atom is 0.192 e. The van der Waals surface area contributed by atoms with Crippen LogP contribution in [0.5, 0.6) is 0 Å². The highest BCUT2D eigenvalue weighted by Gasteiger charge is 2.40. The topological polar surface area (TPSA) is 35.2 Å². The largest absolute Gasteiger partial charge is 0.414 e. The summed E-state index contributed by atoms with van der Waals surface area (Å²) in [5.41, 5.74) is 6.24. The fraction of sp³-hybridized carbons (Fsp3) is 0.778. The first kappa shape index (κ1) is 17.0. The quantitative estimate of drug-likeness (QED) is 0.771. The molecule has 3 heteroatoms. The van der Waals surface area contributed by atoms with Crippen LogP contribution >= 0.6 is 0 Å². The summed E-state index contributed by atoms with van der Waals surface area (Å²) < 4.78 is 6.58. The van der Waals surface area contributed by atoms with E-state index in [-0.39, 0.29) is 6.04 Å². The standard InChI is InChI=1S/C18H33NOSi/c1-18(2,3)21(4,5)20-15-12-10-14(11-13-15)16-8-6-7-9-17(16)19/h6-9,14-17H,10-13,19H2,1-5H3. The molecule has 0 aliphatic heterocycles. The second kappa shape index (κ2) is 6.39. The summed E-state index contributed by atoms with van der Waals surface area (Å²) in [6, 6.07) is 0.206. The lowest BCUT2D eigenvalue weighted by Gasteiger charge is -2.42. The predicted octanol–water partition coefficient (Wildman–Crippen LogP) is 4.64. The fourth-order valence-corrected chi connectivity index (χ4v) is 4.72. The van der Waals surface area contributed by atoms with Crippen molar-refractivity contribution in [3.63, 3.8) is 0 Å². The normalized spacial score (nSPS) is 34.2. The van der Waals surface area contributed by atoms with Crippen molar-refractivity contribution in [2.24, 2.45) is 17.6 Å². The third-order valence-electron chi connectivity index (χ3n) is 5.75. The zero-order chi connectivity index (χ0) is 15.7. The summed E-state index contributed by atoms with van der Waals surface area (Å²) in [6.45, 7) is 11.7. The van der Waals surface area contributed by atoms with Gasteiger partial charge in [0.1, 0.15) is 0 Å². The molecule has 0 heterocycles. The first-order chi connectivity index (χ1) is 9.71. The number of hydrogen-bond donors (Lipinski definition) is 1. The van der Waals surface area contributed by atoms with Gasteiger partial charge in [0.15, 0.2) is 8.32 Å². The highest BCUT2D eigenvalue weighted by atomic mass is 28.4. The van der Waals surface area contributed by atoms with E-state index in [2.05, 4.69) is 58.2 Å². The van der Waals surface area contributed by atoms with Crippen LogP contribution < -0.4 is 5.73 Å². The van der Waals surface area contributed by atoms with Crippen LogP contribution in [0.25, 0.3) is 0 Å². The second-order valence-electron chi connectivity index (χ2n) is 8.34. The van der Waals surface area contributed by atoms with E-state index in [1.165, 1.54) is 25.7 Å². The summed E-state index contributed by atoms with van der Waals surface area (Å²) in [5, 5.41) is 0.309. The van der Waals surface area contributed by atoms with Gasteiger partial charge in [-0.15, -0.1) is 0 Å². The van der Waals surface area contributed by atoms with Crippen LogP contribution in [0.3, 0.4) is 0 Å². The molecule has 120 valence electrons. The van der Waals surface area contributed by atoms with Gasteiger partial charge in [-0.05, 0) is 55.7 Å². The third kappa shape index (κ3) is 4.08. The lowest BCUT2D eigenvalue weighted by molar-refractivity contribution is 0.103. The van der Waals surface area contributed by atoms with Gasteiger partial charge in [0.05, 0.1) is 0 Å². The molecule has 0 amide bonds. The van der Waals surface area contributed by atoms with E-state index in [1.807, 2.05) is 0 Å². The van der Waals surface area contributed by atoms with E-state index in [1.54, 1.807) is 0 Å². The Bertz CT molecular complexity index is 400. The Labute approximate surface area is 132 Å². The average Bonchev–Trinajstić information content (AvgIpc) is 2.39. The average molecular weight is 308 g/mol. The van der Waals surface area contributed by atoms with Gasteiger partial charge in [-0.3, -0.25) is 0 Å². The van der Waals surface area contributed by atoms with Crippen molar-refractivity contribution in [1.29, 1.82) is 0 Å². The number of rotatable bonds is 3. The molecule has 0 spiro atoms. The summed E-state index contributed by atoms with van der Waals surface area (Å²) in [5.74, 6) is 1.27. The summed E-state index contributed by atoms with van der Waals surface area (Å²) >= 11 is 0.